The lowest BCUT2D eigenvalue weighted by molar-refractivity contribution is -0.131. The minimum absolute atomic E-state index is 0.0495. The van der Waals surface area contributed by atoms with Crippen LogP contribution in [0, 0.1) is 0 Å². The molecule has 2 atom stereocenters. The fraction of sp³-hybridized carbons (Fsp3) is 0.250. The Hall–Kier alpha value is -3.39. The lowest BCUT2D eigenvalue weighted by atomic mass is 9.78. The van der Waals surface area contributed by atoms with Crippen molar-refractivity contribution >= 4 is 46.6 Å². The van der Waals surface area contributed by atoms with Gasteiger partial charge in [-0.1, -0.05) is 47.5 Å². The van der Waals surface area contributed by atoms with Gasteiger partial charge in [0.15, 0.2) is 11.6 Å². The lowest BCUT2D eigenvalue weighted by Crippen LogP contribution is -2.56. The molecule has 190 valence electrons. The first kappa shape index (κ1) is 25.3. The number of carbonyl (C=O) groups is 2. The fourth-order valence-corrected chi connectivity index (χ4v) is 5.25. The summed E-state index contributed by atoms with van der Waals surface area (Å²) in [5.74, 6) is 0.00146. The number of nitrogens with zero attached hydrogens (tertiary/aromatic N) is 2. The quantitative estimate of drug-likeness (QED) is 0.438. The number of benzene rings is 3. The van der Waals surface area contributed by atoms with Gasteiger partial charge in [-0.3, -0.25) is 9.59 Å². The van der Waals surface area contributed by atoms with E-state index in [1.54, 1.807) is 54.6 Å². The summed E-state index contributed by atoms with van der Waals surface area (Å²) in [6.45, 7) is 1.80. The highest BCUT2D eigenvalue weighted by atomic mass is 35.5. The molecule has 5 rings (SSSR count). The van der Waals surface area contributed by atoms with E-state index >= 15 is 0 Å². The Bertz CT molecular complexity index is 1390. The van der Waals surface area contributed by atoms with Gasteiger partial charge in [0.05, 0.1) is 12.3 Å². The van der Waals surface area contributed by atoms with Crippen molar-refractivity contribution in [2.75, 3.05) is 18.1 Å². The number of ether oxygens (including phenoxy) is 2. The van der Waals surface area contributed by atoms with Gasteiger partial charge in [0.1, 0.15) is 5.75 Å². The maximum atomic E-state index is 14.1. The van der Waals surface area contributed by atoms with E-state index in [4.69, 9.17) is 42.8 Å². The number of carbonyl (C=O) groups excluding carboxylic acids is 2. The molecule has 3 aromatic rings. The summed E-state index contributed by atoms with van der Waals surface area (Å²) in [5, 5.41) is 9.74. The fourth-order valence-electron chi connectivity index (χ4n) is 4.74. The Balaban J connectivity index is 1.61. The summed E-state index contributed by atoms with van der Waals surface area (Å²) < 4.78 is 12.0. The van der Waals surface area contributed by atoms with Gasteiger partial charge in [0.2, 0.25) is 11.8 Å². The highest BCUT2D eigenvalue weighted by molar-refractivity contribution is 6.35. The van der Waals surface area contributed by atoms with Crippen molar-refractivity contribution in [3.8, 4) is 5.75 Å². The molecule has 2 amide bonds. The number of fused-ring (bicyclic) bond motifs is 1. The molecule has 37 heavy (non-hydrogen) atoms. The van der Waals surface area contributed by atoms with Crippen LogP contribution in [0.15, 0.2) is 71.7 Å². The van der Waals surface area contributed by atoms with Crippen LogP contribution in [0.1, 0.15) is 36.1 Å². The van der Waals surface area contributed by atoms with Crippen molar-refractivity contribution in [3.63, 3.8) is 0 Å². The minimum atomic E-state index is -1.46. The summed E-state index contributed by atoms with van der Waals surface area (Å²) in [4.78, 5) is 32.9. The third-order valence-corrected chi connectivity index (χ3v) is 7.02. The molecule has 2 aliphatic heterocycles. The van der Waals surface area contributed by atoms with Crippen LogP contribution in [0.5, 0.6) is 5.75 Å². The number of halogens is 2. The summed E-state index contributed by atoms with van der Waals surface area (Å²) >= 11 is 12.7. The molecule has 0 saturated carbocycles. The second-order valence-corrected chi connectivity index (χ2v) is 9.76. The minimum Gasteiger partial charge on any atom is -0.494 e. The number of imide groups is 1. The predicted molar refractivity (Wildman–Crippen MR) is 142 cm³/mol. The van der Waals surface area contributed by atoms with Crippen LogP contribution >= 0.6 is 23.2 Å². The number of aliphatic hydroxyl groups excluding tert-OH is 1. The second kappa shape index (κ2) is 10.2. The molecule has 7 nitrogen and oxygen atoms in total. The summed E-state index contributed by atoms with van der Waals surface area (Å²) in [6.07, 6.45) is -0.142. The maximum Gasteiger partial charge on any atom is 0.266 e. The molecular weight excluding hydrogens is 515 g/mol. The van der Waals surface area contributed by atoms with E-state index in [0.717, 1.165) is 5.56 Å². The average Bonchev–Trinajstić information content (AvgIpc) is 3.25. The smallest absolute Gasteiger partial charge is 0.266 e. The molecule has 0 unspecified atom stereocenters. The molecule has 0 saturated heterocycles. The zero-order valence-corrected chi connectivity index (χ0v) is 21.5. The highest BCUT2D eigenvalue weighted by Gasteiger charge is 2.58. The number of hydrogen-bond acceptors (Lipinski definition) is 6. The molecule has 0 fully saturated rings. The van der Waals surface area contributed by atoms with Gasteiger partial charge in [0.25, 0.3) is 5.91 Å². The molecule has 3 aromatic carbocycles. The summed E-state index contributed by atoms with van der Waals surface area (Å²) in [7, 11) is 0. The highest BCUT2D eigenvalue weighted by Crippen LogP contribution is 2.49. The standard InChI is InChI=1S/C28H24Cl2N2O5/c1-17(34)32-24-6-3-2-5-19(24)16-28(27(32)35)25(22-12-9-20(29)15-23(22)30)37-26(31-28)18-7-10-21(11-8-18)36-14-4-13-33/h2-3,5-12,15,25,33H,4,13-14,16H2,1H3/t25-,28-/m0/s1. The molecule has 1 N–H and O–H groups in total. The number of aliphatic hydroxyl groups is 1. The molecule has 2 heterocycles. The molecular formula is C28H24Cl2N2O5. The summed E-state index contributed by atoms with van der Waals surface area (Å²) in [5.41, 5.74) is 1.07. The second-order valence-electron chi connectivity index (χ2n) is 8.92. The van der Waals surface area contributed by atoms with E-state index in [1.165, 1.54) is 11.8 Å². The first-order chi connectivity index (χ1) is 17.8. The first-order valence-corrected chi connectivity index (χ1v) is 12.6. The predicted octanol–water partition coefficient (Wildman–Crippen LogP) is 5.15. The van der Waals surface area contributed by atoms with E-state index in [0.29, 0.717) is 45.6 Å². The van der Waals surface area contributed by atoms with Crippen molar-refractivity contribution in [2.45, 2.75) is 31.4 Å². The van der Waals surface area contributed by atoms with Crippen molar-refractivity contribution in [3.05, 3.63) is 93.5 Å². The van der Waals surface area contributed by atoms with Crippen LogP contribution < -0.4 is 9.64 Å². The van der Waals surface area contributed by atoms with Crippen LogP contribution in [-0.4, -0.2) is 41.6 Å². The Morgan fingerprint density at radius 3 is 2.62 bits per heavy atom. The van der Waals surface area contributed by atoms with Gasteiger partial charge >= 0.3 is 0 Å². The topological polar surface area (TPSA) is 88.4 Å². The van der Waals surface area contributed by atoms with E-state index < -0.39 is 23.5 Å². The van der Waals surface area contributed by atoms with E-state index in [-0.39, 0.29) is 18.9 Å². The number of hydrogen-bond donors (Lipinski definition) is 1. The van der Waals surface area contributed by atoms with Crippen molar-refractivity contribution in [1.29, 1.82) is 0 Å². The van der Waals surface area contributed by atoms with E-state index in [2.05, 4.69) is 0 Å². The Morgan fingerprint density at radius 2 is 1.92 bits per heavy atom. The molecule has 1 spiro atoms. The van der Waals surface area contributed by atoms with Crippen molar-refractivity contribution < 1.29 is 24.2 Å². The van der Waals surface area contributed by atoms with Crippen LogP contribution in [0.4, 0.5) is 5.69 Å². The van der Waals surface area contributed by atoms with Gasteiger partial charge in [-0.2, -0.15) is 0 Å². The zero-order chi connectivity index (χ0) is 26.2. The zero-order valence-electron chi connectivity index (χ0n) is 20.0. The van der Waals surface area contributed by atoms with Gasteiger partial charge < -0.3 is 14.6 Å². The third-order valence-electron chi connectivity index (χ3n) is 6.46. The van der Waals surface area contributed by atoms with Gasteiger partial charge in [0, 0.05) is 47.5 Å². The largest absolute Gasteiger partial charge is 0.494 e. The maximum absolute atomic E-state index is 14.1. The molecule has 9 heteroatoms. The van der Waals surface area contributed by atoms with Crippen LogP contribution in [0.2, 0.25) is 10.0 Å². The first-order valence-electron chi connectivity index (χ1n) is 11.8. The lowest BCUT2D eigenvalue weighted by Gasteiger charge is -2.39. The number of para-hydroxylation sites is 1. The molecule has 0 radical (unpaired) electrons. The SMILES string of the molecule is CC(=O)N1C(=O)[C@@]2(Cc3ccccc31)N=C(c1ccc(OCCCO)cc1)O[C@H]2c1ccc(Cl)cc1Cl. The number of rotatable bonds is 6. The average molecular weight is 539 g/mol. The summed E-state index contributed by atoms with van der Waals surface area (Å²) in [6, 6.07) is 19.4. The van der Waals surface area contributed by atoms with Crippen molar-refractivity contribution in [2.24, 2.45) is 4.99 Å². The van der Waals surface area contributed by atoms with Crippen LogP contribution in [0.3, 0.4) is 0 Å². The van der Waals surface area contributed by atoms with Gasteiger partial charge in [-0.25, -0.2) is 9.89 Å². The molecule has 2 aliphatic rings. The van der Waals surface area contributed by atoms with Crippen molar-refractivity contribution in [1.82, 2.24) is 0 Å². The van der Waals surface area contributed by atoms with E-state index in [1.807, 2.05) is 12.1 Å². The van der Waals surface area contributed by atoms with Crippen LogP contribution in [0.25, 0.3) is 0 Å². The number of anilines is 1. The molecule has 0 bridgehead atoms. The Kier molecular flexibility index (Phi) is 6.94. The molecule has 0 aromatic heterocycles. The van der Waals surface area contributed by atoms with Gasteiger partial charge in [-0.05, 0) is 48.0 Å². The Morgan fingerprint density at radius 1 is 1.16 bits per heavy atom. The number of aliphatic imine (C=N–C) groups is 1. The monoisotopic (exact) mass is 538 g/mol. The normalized spacial score (nSPS) is 20.4. The van der Waals surface area contributed by atoms with Crippen LogP contribution in [-0.2, 0) is 20.7 Å². The molecule has 0 aliphatic carbocycles. The third kappa shape index (κ3) is 4.59. The van der Waals surface area contributed by atoms with Gasteiger partial charge in [-0.15, -0.1) is 0 Å². The number of amides is 2. The van der Waals surface area contributed by atoms with E-state index in [9.17, 15) is 9.59 Å². The Labute approximate surface area is 224 Å².